The first-order valence-corrected chi connectivity index (χ1v) is 12.6. The van der Waals surface area contributed by atoms with E-state index in [-0.39, 0.29) is 11.7 Å². The zero-order valence-corrected chi connectivity index (χ0v) is 20.2. The molecule has 0 radical (unpaired) electrons. The van der Waals surface area contributed by atoms with Crippen LogP contribution in [0.1, 0.15) is 29.5 Å². The molecule has 180 valence electrons. The molecule has 33 heavy (non-hydrogen) atoms. The maximum absolute atomic E-state index is 12.8. The molecule has 0 bridgehead atoms. The molecule has 1 heterocycles. The fourth-order valence-electron chi connectivity index (χ4n) is 3.84. The van der Waals surface area contributed by atoms with Crippen LogP contribution in [0.15, 0.2) is 36.4 Å². The summed E-state index contributed by atoms with van der Waals surface area (Å²) in [5.41, 5.74) is 3.05. The Hall–Kier alpha value is -2.78. The highest BCUT2D eigenvalue weighted by Crippen LogP contribution is 2.33. The molecule has 0 spiro atoms. The number of ether oxygens (including phenoxy) is 3. The molecule has 0 unspecified atom stereocenters. The molecule has 0 saturated heterocycles. The van der Waals surface area contributed by atoms with Crippen molar-refractivity contribution < 1.29 is 27.4 Å². The normalized spacial score (nSPS) is 13.8. The van der Waals surface area contributed by atoms with Crippen molar-refractivity contribution in [2.24, 2.45) is 0 Å². The summed E-state index contributed by atoms with van der Waals surface area (Å²) in [6.45, 7) is 1.07. The third-order valence-electron chi connectivity index (χ3n) is 5.78. The first-order chi connectivity index (χ1) is 15.9. The lowest BCUT2D eigenvalue weighted by Gasteiger charge is -2.29. The van der Waals surface area contributed by atoms with Gasteiger partial charge in [-0.15, -0.1) is 0 Å². The van der Waals surface area contributed by atoms with E-state index in [9.17, 15) is 13.2 Å². The van der Waals surface area contributed by atoms with Crippen molar-refractivity contribution in [1.82, 2.24) is 9.62 Å². The third kappa shape index (κ3) is 6.61. The van der Waals surface area contributed by atoms with E-state index < -0.39 is 10.0 Å². The number of rotatable bonds is 11. The van der Waals surface area contributed by atoms with Gasteiger partial charge in [-0.1, -0.05) is 12.1 Å². The predicted octanol–water partition coefficient (Wildman–Crippen LogP) is 2.54. The number of fused-ring (bicyclic) bond motifs is 1. The lowest BCUT2D eigenvalue weighted by atomic mass is 10.0. The SMILES string of the molecule is COc1ccc(CCC(=O)NCCCS(=O)(=O)N2CCc3cc(OC)c(OC)cc3C2)cc1. The summed E-state index contributed by atoms with van der Waals surface area (Å²) in [7, 11) is 1.34. The van der Waals surface area contributed by atoms with E-state index in [1.807, 2.05) is 36.4 Å². The maximum atomic E-state index is 12.8. The molecule has 3 rings (SSSR count). The summed E-state index contributed by atoms with van der Waals surface area (Å²) in [6.07, 6.45) is 1.96. The Morgan fingerprint density at radius 2 is 1.67 bits per heavy atom. The van der Waals surface area contributed by atoms with Crippen LogP contribution in [0.3, 0.4) is 0 Å². The molecule has 8 nitrogen and oxygen atoms in total. The van der Waals surface area contributed by atoms with E-state index in [4.69, 9.17) is 14.2 Å². The molecule has 9 heteroatoms. The minimum absolute atomic E-state index is 0.00557. The topological polar surface area (TPSA) is 94.2 Å². The summed E-state index contributed by atoms with van der Waals surface area (Å²) >= 11 is 0. The van der Waals surface area contributed by atoms with E-state index in [1.165, 1.54) is 4.31 Å². The highest BCUT2D eigenvalue weighted by Gasteiger charge is 2.27. The molecular weight excluding hydrogens is 444 g/mol. The van der Waals surface area contributed by atoms with Crippen LogP contribution in [0.25, 0.3) is 0 Å². The third-order valence-corrected chi connectivity index (χ3v) is 7.68. The molecule has 0 fully saturated rings. The van der Waals surface area contributed by atoms with Gasteiger partial charge in [0.05, 0.1) is 27.1 Å². The van der Waals surface area contributed by atoms with Crippen molar-refractivity contribution in [3.8, 4) is 17.2 Å². The summed E-state index contributed by atoms with van der Waals surface area (Å²) in [4.78, 5) is 12.1. The van der Waals surface area contributed by atoms with Gasteiger partial charge in [-0.3, -0.25) is 4.79 Å². The molecule has 1 amide bonds. The molecule has 0 atom stereocenters. The fourth-order valence-corrected chi connectivity index (χ4v) is 5.32. The highest BCUT2D eigenvalue weighted by atomic mass is 32.2. The van der Waals surface area contributed by atoms with Crippen LogP contribution in [0.2, 0.25) is 0 Å². The number of hydrogen-bond acceptors (Lipinski definition) is 6. The molecule has 0 saturated carbocycles. The van der Waals surface area contributed by atoms with Crippen molar-refractivity contribution in [3.63, 3.8) is 0 Å². The number of nitrogens with zero attached hydrogens (tertiary/aromatic N) is 1. The average molecular weight is 477 g/mol. The Kier molecular flexibility index (Phi) is 8.57. The molecular formula is C24H32N2O6S. The van der Waals surface area contributed by atoms with Crippen LogP contribution >= 0.6 is 0 Å². The van der Waals surface area contributed by atoms with Crippen molar-refractivity contribution in [2.45, 2.75) is 32.2 Å². The summed E-state index contributed by atoms with van der Waals surface area (Å²) in [6, 6.07) is 11.4. The van der Waals surface area contributed by atoms with Crippen LogP contribution in [-0.4, -0.2) is 58.8 Å². The lowest BCUT2D eigenvalue weighted by molar-refractivity contribution is -0.121. The van der Waals surface area contributed by atoms with Crippen LogP contribution in [-0.2, 0) is 34.2 Å². The quantitative estimate of drug-likeness (QED) is 0.501. The monoisotopic (exact) mass is 476 g/mol. The number of carbonyl (C=O) groups excluding carboxylic acids is 1. The number of aryl methyl sites for hydroxylation is 1. The van der Waals surface area contributed by atoms with E-state index in [0.29, 0.717) is 56.8 Å². The van der Waals surface area contributed by atoms with E-state index in [2.05, 4.69) is 5.32 Å². The van der Waals surface area contributed by atoms with Crippen molar-refractivity contribution >= 4 is 15.9 Å². The van der Waals surface area contributed by atoms with Gasteiger partial charge in [0.1, 0.15) is 5.75 Å². The smallest absolute Gasteiger partial charge is 0.220 e. The number of carbonyl (C=O) groups is 1. The van der Waals surface area contributed by atoms with E-state index in [0.717, 1.165) is 22.4 Å². The Bertz CT molecular complexity index is 1050. The van der Waals surface area contributed by atoms with Crippen molar-refractivity contribution in [3.05, 3.63) is 53.1 Å². The number of nitrogens with one attached hydrogen (secondary N) is 1. The Morgan fingerprint density at radius 3 is 2.30 bits per heavy atom. The van der Waals surface area contributed by atoms with Crippen molar-refractivity contribution in [1.29, 1.82) is 0 Å². The van der Waals surface area contributed by atoms with Gasteiger partial charge in [0, 0.05) is 26.1 Å². The summed E-state index contributed by atoms with van der Waals surface area (Å²) < 4.78 is 43.0. The highest BCUT2D eigenvalue weighted by molar-refractivity contribution is 7.89. The first-order valence-electron chi connectivity index (χ1n) is 11.0. The Balaban J connectivity index is 1.44. The Morgan fingerprint density at radius 1 is 1.00 bits per heavy atom. The maximum Gasteiger partial charge on any atom is 0.220 e. The number of methoxy groups -OCH3 is 3. The van der Waals surface area contributed by atoms with Crippen LogP contribution in [0, 0.1) is 0 Å². The van der Waals surface area contributed by atoms with E-state index >= 15 is 0 Å². The van der Waals surface area contributed by atoms with Crippen LogP contribution < -0.4 is 19.5 Å². The Labute approximate surface area is 195 Å². The molecule has 1 N–H and O–H groups in total. The number of benzene rings is 2. The zero-order valence-electron chi connectivity index (χ0n) is 19.4. The van der Waals surface area contributed by atoms with Gasteiger partial charge in [0.2, 0.25) is 15.9 Å². The van der Waals surface area contributed by atoms with E-state index in [1.54, 1.807) is 21.3 Å². The fraction of sp³-hybridized carbons (Fsp3) is 0.458. The second kappa shape index (κ2) is 11.4. The molecule has 2 aromatic rings. The number of hydrogen-bond donors (Lipinski definition) is 1. The largest absolute Gasteiger partial charge is 0.497 e. The molecule has 0 aromatic heterocycles. The first kappa shape index (κ1) is 24.9. The predicted molar refractivity (Wildman–Crippen MR) is 126 cm³/mol. The minimum Gasteiger partial charge on any atom is -0.497 e. The van der Waals surface area contributed by atoms with Gasteiger partial charge in [0.15, 0.2) is 11.5 Å². The summed E-state index contributed by atoms with van der Waals surface area (Å²) in [5.74, 6) is 1.92. The van der Waals surface area contributed by atoms with Gasteiger partial charge >= 0.3 is 0 Å². The second-order valence-electron chi connectivity index (χ2n) is 7.93. The molecule has 1 aliphatic rings. The molecule has 1 aliphatic heterocycles. The van der Waals surface area contributed by atoms with Gasteiger partial charge in [-0.25, -0.2) is 8.42 Å². The molecule has 0 aliphatic carbocycles. The van der Waals surface area contributed by atoms with Gasteiger partial charge in [-0.05, 0) is 60.2 Å². The number of amides is 1. The minimum atomic E-state index is -3.42. The second-order valence-corrected chi connectivity index (χ2v) is 10.0. The standard InChI is InChI=1S/C24H32N2O6S/c1-30-21-8-5-18(6-9-21)7-10-24(27)25-12-4-14-33(28,29)26-13-11-19-15-22(31-2)23(32-3)16-20(19)17-26/h5-6,8-9,15-16H,4,7,10-14,17H2,1-3H3,(H,25,27). The van der Waals surface area contributed by atoms with Crippen molar-refractivity contribution in [2.75, 3.05) is 40.2 Å². The van der Waals surface area contributed by atoms with Gasteiger partial charge < -0.3 is 19.5 Å². The van der Waals surface area contributed by atoms with Crippen LogP contribution in [0.5, 0.6) is 17.2 Å². The average Bonchev–Trinajstić information content (AvgIpc) is 2.84. The molecule has 2 aromatic carbocycles. The van der Waals surface area contributed by atoms with Crippen LogP contribution in [0.4, 0.5) is 0 Å². The summed E-state index contributed by atoms with van der Waals surface area (Å²) in [5, 5.41) is 2.82. The zero-order chi connectivity index (χ0) is 23.8. The lowest BCUT2D eigenvalue weighted by Crippen LogP contribution is -2.38. The van der Waals surface area contributed by atoms with Gasteiger partial charge in [0.25, 0.3) is 0 Å². The van der Waals surface area contributed by atoms with Gasteiger partial charge in [-0.2, -0.15) is 4.31 Å². The number of sulfonamides is 1.